The Bertz CT molecular complexity index is 90.7. The maximum absolute atomic E-state index is 9.56. The number of rotatable bonds is 0. The minimum absolute atomic E-state index is 0.417. The predicted octanol–water partition coefficient (Wildman–Crippen LogP) is 1.31. The van der Waals surface area contributed by atoms with Crippen molar-refractivity contribution in [3.8, 4) is 0 Å². The highest BCUT2D eigenvalue weighted by Crippen LogP contribution is 2.08. The Morgan fingerprint density at radius 3 is 1.57 bits per heavy atom. The fourth-order valence-electron chi connectivity index (χ4n) is 0.0510. The molecule has 1 saturated carbocycles. The molecule has 0 heterocycles. The second-order valence-corrected chi connectivity index (χ2v) is 1.29. The second-order valence-electron chi connectivity index (χ2n) is 1.29. The van der Waals surface area contributed by atoms with Crippen molar-refractivity contribution in [1.29, 1.82) is 0 Å². The molecule has 0 aromatic heterocycles. The Kier molecular flexibility index (Phi) is 2.99. The Labute approximate surface area is 43.3 Å². The van der Waals surface area contributed by atoms with E-state index in [-0.39, 0.29) is 0 Å². The highest BCUT2D eigenvalue weighted by atomic mass is 16.1. The van der Waals surface area contributed by atoms with Gasteiger partial charge >= 0.3 is 0 Å². The van der Waals surface area contributed by atoms with Crippen molar-refractivity contribution >= 4 is 5.78 Å². The second kappa shape index (κ2) is 3.38. The van der Waals surface area contributed by atoms with Gasteiger partial charge in [-0.25, -0.2) is 0 Å². The molecule has 0 atom stereocenters. The van der Waals surface area contributed by atoms with E-state index in [1.165, 1.54) is 0 Å². The number of Topliss-reactive ketones (excluding diaryl/α,β-unsaturated/α-hetero) is 1. The minimum atomic E-state index is 0.417. The van der Waals surface area contributed by atoms with E-state index in [0.717, 1.165) is 12.8 Å². The Morgan fingerprint density at radius 1 is 1.43 bits per heavy atom. The summed E-state index contributed by atoms with van der Waals surface area (Å²) in [5.74, 6) is 0.417. The van der Waals surface area contributed by atoms with Gasteiger partial charge in [-0.3, -0.25) is 4.79 Å². The van der Waals surface area contributed by atoms with Gasteiger partial charge < -0.3 is 0 Å². The summed E-state index contributed by atoms with van der Waals surface area (Å²) in [5.41, 5.74) is 2.25. The summed E-state index contributed by atoms with van der Waals surface area (Å²) in [6, 6.07) is 0. The van der Waals surface area contributed by atoms with Crippen molar-refractivity contribution in [2.75, 3.05) is 0 Å². The molecule has 38 valence electrons. The van der Waals surface area contributed by atoms with Crippen LogP contribution in [0, 0.1) is 0 Å². The molecule has 7 heavy (non-hydrogen) atoms. The molecule has 0 bridgehead atoms. The van der Waals surface area contributed by atoms with Gasteiger partial charge in [0.2, 0.25) is 0 Å². The molecule has 1 aliphatic rings. The molecule has 0 aromatic rings. The fraction of sp³-hybridized carbons (Fsp3) is 0.333. The van der Waals surface area contributed by atoms with Crippen LogP contribution in [-0.4, -0.2) is 5.78 Å². The molecule has 0 N–H and O–H groups in total. The molecule has 0 aromatic carbocycles. The average Bonchev–Trinajstić information content (AvgIpc) is 2.25. The van der Waals surface area contributed by atoms with Crippen LogP contribution in [0.1, 0.15) is 12.8 Å². The van der Waals surface area contributed by atoms with Crippen LogP contribution in [-0.2, 0) is 4.79 Å². The Hall–Kier alpha value is -0.810. The molecule has 1 fully saturated rings. The van der Waals surface area contributed by atoms with Crippen molar-refractivity contribution in [2.24, 2.45) is 0 Å². The summed E-state index contributed by atoms with van der Waals surface area (Å²) < 4.78 is 0. The van der Waals surface area contributed by atoms with Gasteiger partial charge in [-0.15, -0.1) is 5.73 Å². The van der Waals surface area contributed by atoms with Crippen LogP contribution in [0.3, 0.4) is 0 Å². The van der Waals surface area contributed by atoms with Crippen LogP contribution >= 0.6 is 0 Å². The van der Waals surface area contributed by atoms with Gasteiger partial charge in [-0.2, -0.15) is 0 Å². The van der Waals surface area contributed by atoms with E-state index >= 15 is 0 Å². The highest BCUT2D eigenvalue weighted by Gasteiger charge is 2.13. The van der Waals surface area contributed by atoms with E-state index in [1.807, 2.05) is 0 Å². The van der Waals surface area contributed by atoms with E-state index < -0.39 is 0 Å². The van der Waals surface area contributed by atoms with Gasteiger partial charge in [-0.1, -0.05) is 13.2 Å². The molecular formula is C6H8O. The molecular weight excluding hydrogens is 88.1 g/mol. The third kappa shape index (κ3) is 11.0. The summed E-state index contributed by atoms with van der Waals surface area (Å²) in [6.45, 7) is 6.25. The minimum Gasteiger partial charge on any atom is -0.300 e. The van der Waals surface area contributed by atoms with E-state index in [9.17, 15) is 4.79 Å². The molecule has 0 aliphatic heterocycles. The van der Waals surface area contributed by atoms with Gasteiger partial charge in [0.1, 0.15) is 5.78 Å². The number of ketones is 1. The van der Waals surface area contributed by atoms with Crippen LogP contribution in [0.5, 0.6) is 0 Å². The van der Waals surface area contributed by atoms with Crippen molar-refractivity contribution in [3.63, 3.8) is 0 Å². The lowest BCUT2D eigenvalue weighted by atomic mass is 10.9. The van der Waals surface area contributed by atoms with Gasteiger partial charge in [0.05, 0.1) is 0 Å². The summed E-state index contributed by atoms with van der Waals surface area (Å²) >= 11 is 0. The predicted molar refractivity (Wildman–Crippen MR) is 29.0 cm³/mol. The first-order chi connectivity index (χ1) is 3.31. The monoisotopic (exact) mass is 96.1 g/mol. The number of hydrogen-bond donors (Lipinski definition) is 0. The Balaban J connectivity index is 0.000000110. The third-order valence-electron chi connectivity index (χ3n) is 0.454. The third-order valence-corrected chi connectivity index (χ3v) is 0.454. The lowest BCUT2D eigenvalue weighted by Gasteiger charge is -1.26. The van der Waals surface area contributed by atoms with E-state index in [0.29, 0.717) is 5.78 Å². The maximum Gasteiger partial charge on any atom is 0.133 e. The summed E-state index contributed by atoms with van der Waals surface area (Å²) in [6.07, 6.45) is 1.69. The molecule has 0 radical (unpaired) electrons. The topological polar surface area (TPSA) is 17.1 Å². The van der Waals surface area contributed by atoms with E-state index in [2.05, 4.69) is 18.9 Å². The van der Waals surface area contributed by atoms with Gasteiger partial charge in [0.25, 0.3) is 0 Å². The number of hydrogen-bond acceptors (Lipinski definition) is 1. The van der Waals surface area contributed by atoms with Gasteiger partial charge in [0.15, 0.2) is 0 Å². The van der Waals surface area contributed by atoms with Gasteiger partial charge in [0, 0.05) is 12.8 Å². The lowest BCUT2D eigenvalue weighted by Crippen LogP contribution is -1.44. The number of carbonyl (C=O) groups is 1. The van der Waals surface area contributed by atoms with Crippen molar-refractivity contribution in [1.82, 2.24) is 0 Å². The SMILES string of the molecule is C=C=C.O=C1CC1. The van der Waals surface area contributed by atoms with Crippen molar-refractivity contribution < 1.29 is 4.79 Å². The van der Waals surface area contributed by atoms with Crippen LogP contribution in [0.25, 0.3) is 0 Å². The largest absolute Gasteiger partial charge is 0.300 e. The van der Waals surface area contributed by atoms with Gasteiger partial charge in [-0.05, 0) is 0 Å². The zero-order valence-corrected chi connectivity index (χ0v) is 4.24. The van der Waals surface area contributed by atoms with Crippen LogP contribution < -0.4 is 0 Å². The molecule has 1 aliphatic carbocycles. The average molecular weight is 96.1 g/mol. The van der Waals surface area contributed by atoms with E-state index in [1.54, 1.807) is 0 Å². The maximum atomic E-state index is 9.56. The normalized spacial score (nSPS) is 13.4. The van der Waals surface area contributed by atoms with E-state index in [4.69, 9.17) is 0 Å². The molecule has 1 heteroatoms. The standard InChI is InChI=1S/C3H4O.C3H4/c4-3-1-2-3;1-3-2/h1-2H2;1-2H2. The quantitative estimate of drug-likeness (QED) is 0.415. The van der Waals surface area contributed by atoms with Crippen LogP contribution in [0.15, 0.2) is 18.9 Å². The first-order valence-electron chi connectivity index (χ1n) is 2.12. The summed E-state index contributed by atoms with van der Waals surface area (Å²) in [5, 5.41) is 0. The molecule has 1 nitrogen and oxygen atoms in total. The first kappa shape index (κ1) is 6.19. The van der Waals surface area contributed by atoms with Crippen molar-refractivity contribution in [3.05, 3.63) is 18.9 Å². The van der Waals surface area contributed by atoms with Crippen LogP contribution in [0.2, 0.25) is 0 Å². The molecule has 0 unspecified atom stereocenters. The molecule has 0 spiro atoms. The molecule has 1 rings (SSSR count). The summed E-state index contributed by atoms with van der Waals surface area (Å²) in [7, 11) is 0. The molecule has 0 amide bonds. The van der Waals surface area contributed by atoms with Crippen molar-refractivity contribution in [2.45, 2.75) is 12.8 Å². The lowest BCUT2D eigenvalue weighted by molar-refractivity contribution is -0.109. The fourth-order valence-corrected chi connectivity index (χ4v) is 0.0510. The first-order valence-corrected chi connectivity index (χ1v) is 2.12. The summed E-state index contributed by atoms with van der Waals surface area (Å²) in [4.78, 5) is 9.56. The smallest absolute Gasteiger partial charge is 0.133 e. The Morgan fingerprint density at radius 2 is 1.57 bits per heavy atom. The zero-order chi connectivity index (χ0) is 5.70. The molecule has 0 saturated heterocycles. The zero-order valence-electron chi connectivity index (χ0n) is 4.24. The highest BCUT2D eigenvalue weighted by molar-refractivity contribution is 5.92. The van der Waals surface area contributed by atoms with Crippen LogP contribution in [0.4, 0.5) is 0 Å². The number of carbonyl (C=O) groups excluding carboxylic acids is 1.